The van der Waals surface area contributed by atoms with E-state index in [4.69, 9.17) is 16.3 Å². The second kappa shape index (κ2) is 6.56. The van der Waals surface area contributed by atoms with E-state index in [0.29, 0.717) is 12.8 Å². The van der Waals surface area contributed by atoms with Gasteiger partial charge in [0.25, 0.3) is 0 Å². The van der Waals surface area contributed by atoms with Gasteiger partial charge in [-0.2, -0.15) is 0 Å². The van der Waals surface area contributed by atoms with Crippen LogP contribution in [0.2, 0.25) is 0 Å². The van der Waals surface area contributed by atoms with Crippen molar-refractivity contribution in [2.45, 2.75) is 21.9 Å². The van der Waals surface area contributed by atoms with Crippen LogP contribution in [-0.2, 0) is 16.3 Å². The van der Waals surface area contributed by atoms with Crippen LogP contribution in [0.4, 0.5) is 0 Å². The third-order valence-electron chi connectivity index (χ3n) is 1.22. The maximum absolute atomic E-state index is 9.65. The lowest BCUT2D eigenvalue weighted by Crippen LogP contribution is -2.10. The molecule has 0 aliphatic carbocycles. The van der Waals surface area contributed by atoms with Gasteiger partial charge in [-0.1, -0.05) is 61.1 Å². The molecular weight excluding hydrogens is 407 g/mol. The second-order valence-electron chi connectivity index (χ2n) is 2.60. The summed E-state index contributed by atoms with van der Waals surface area (Å²) in [5.41, 5.74) is 0. The molecule has 13 heavy (non-hydrogen) atoms. The van der Waals surface area contributed by atoms with Gasteiger partial charge >= 0.3 is 0 Å². The maximum atomic E-state index is 9.65. The lowest BCUT2D eigenvalue weighted by Gasteiger charge is -2.19. The van der Waals surface area contributed by atoms with Crippen molar-refractivity contribution in [3.63, 3.8) is 0 Å². The van der Waals surface area contributed by atoms with Gasteiger partial charge in [0.1, 0.15) is 0 Å². The fourth-order valence-corrected chi connectivity index (χ4v) is 3.26. The van der Waals surface area contributed by atoms with Crippen LogP contribution in [0.1, 0.15) is 19.8 Å². The molecule has 0 rings (SSSR count). The summed E-state index contributed by atoms with van der Waals surface area (Å²) in [7, 11) is 0. The molecular formula is C6H12Br3O2PS. The second-order valence-corrected chi connectivity index (χ2v) is 13.5. The first kappa shape index (κ1) is 15.0. The molecule has 0 aromatic carbocycles. The minimum absolute atomic E-state index is 0.296. The summed E-state index contributed by atoms with van der Waals surface area (Å²) in [4.78, 5) is 9.65. The Labute approximate surface area is 109 Å². The van der Waals surface area contributed by atoms with E-state index in [0.717, 1.165) is 12.8 Å². The van der Waals surface area contributed by atoms with Gasteiger partial charge in [0, 0.05) is 6.16 Å². The predicted molar refractivity (Wildman–Crippen MR) is 71.7 cm³/mol. The molecule has 0 saturated carbocycles. The molecule has 0 aromatic heterocycles. The van der Waals surface area contributed by atoms with E-state index in [9.17, 15) is 4.89 Å². The van der Waals surface area contributed by atoms with E-state index in [1.54, 1.807) is 0 Å². The lowest BCUT2D eigenvalue weighted by molar-refractivity contribution is 0.322. The molecule has 0 bridgehead atoms. The molecule has 0 amide bonds. The minimum atomic E-state index is -2.56. The van der Waals surface area contributed by atoms with E-state index in [1.807, 2.05) is 0 Å². The van der Waals surface area contributed by atoms with E-state index in [2.05, 4.69) is 54.7 Å². The standard InChI is InChI=1S/C6H12Br3O2PS/c1-2-3-4-12(10,13)11-5-6(7,8)9/h2-5H2,1H3,(H,10,13). The topological polar surface area (TPSA) is 29.5 Å². The number of unbranched alkanes of at least 4 members (excludes halogenated alkanes) is 1. The van der Waals surface area contributed by atoms with E-state index >= 15 is 0 Å². The van der Waals surface area contributed by atoms with Crippen molar-refractivity contribution in [2.75, 3.05) is 12.8 Å². The van der Waals surface area contributed by atoms with Gasteiger partial charge in [-0.25, -0.2) is 0 Å². The zero-order chi connectivity index (χ0) is 10.5. The van der Waals surface area contributed by atoms with Crippen molar-refractivity contribution < 1.29 is 9.42 Å². The summed E-state index contributed by atoms with van der Waals surface area (Å²) in [6.07, 6.45) is 2.51. The van der Waals surface area contributed by atoms with Gasteiger partial charge in [0.2, 0.25) is 0 Å². The molecule has 2 nitrogen and oxygen atoms in total. The summed E-state index contributed by atoms with van der Waals surface area (Å²) < 4.78 is 4.76. The molecule has 0 radical (unpaired) electrons. The van der Waals surface area contributed by atoms with Crippen LogP contribution >= 0.6 is 54.3 Å². The van der Waals surface area contributed by atoms with Gasteiger partial charge in [-0.3, -0.25) is 0 Å². The van der Waals surface area contributed by atoms with Crippen LogP contribution in [0.3, 0.4) is 0 Å². The van der Waals surface area contributed by atoms with Crippen LogP contribution in [0.25, 0.3) is 0 Å². The lowest BCUT2D eigenvalue weighted by atomic mass is 10.4. The molecule has 0 fully saturated rings. The third-order valence-corrected chi connectivity index (χ3v) is 4.19. The quantitative estimate of drug-likeness (QED) is 0.541. The number of alkyl halides is 3. The van der Waals surface area contributed by atoms with Crippen LogP contribution in [0.5, 0.6) is 0 Å². The Morgan fingerprint density at radius 1 is 1.46 bits per heavy atom. The highest BCUT2D eigenvalue weighted by Crippen LogP contribution is 2.46. The van der Waals surface area contributed by atoms with Gasteiger partial charge in [-0.15, -0.1) is 0 Å². The fourth-order valence-electron chi connectivity index (χ4n) is 0.597. The highest BCUT2D eigenvalue weighted by Gasteiger charge is 2.22. The van der Waals surface area contributed by atoms with Crippen LogP contribution in [0, 0.1) is 0 Å². The molecule has 0 aromatic rings. The average Bonchev–Trinajstić information content (AvgIpc) is 1.97. The van der Waals surface area contributed by atoms with Crippen molar-refractivity contribution >= 4 is 66.1 Å². The Morgan fingerprint density at radius 2 is 2.00 bits per heavy atom. The maximum Gasteiger partial charge on any atom is 0.186 e. The summed E-state index contributed by atoms with van der Waals surface area (Å²) >= 11 is 14.8. The summed E-state index contributed by atoms with van der Waals surface area (Å²) in [5, 5.41) is 0. The van der Waals surface area contributed by atoms with E-state index in [-0.39, 0.29) is 0 Å². The third kappa shape index (κ3) is 10.3. The molecule has 0 aliphatic rings. The summed E-state index contributed by atoms with van der Waals surface area (Å²) in [6, 6.07) is 0. The van der Waals surface area contributed by atoms with Gasteiger partial charge in [0.15, 0.2) is 8.63 Å². The molecule has 0 heterocycles. The summed E-state index contributed by atoms with van der Waals surface area (Å²) in [5.74, 6) is 0. The fraction of sp³-hybridized carbons (Fsp3) is 1.00. The van der Waals surface area contributed by atoms with Crippen molar-refractivity contribution in [3.05, 3.63) is 0 Å². The molecule has 0 spiro atoms. The van der Waals surface area contributed by atoms with Gasteiger partial charge in [-0.05, 0) is 18.2 Å². The minimum Gasteiger partial charge on any atom is -0.345 e. The smallest absolute Gasteiger partial charge is 0.186 e. The van der Waals surface area contributed by atoms with E-state index in [1.165, 1.54) is 0 Å². The van der Waals surface area contributed by atoms with Crippen LogP contribution < -0.4 is 0 Å². The molecule has 1 N–H and O–H groups in total. The predicted octanol–water partition coefficient (Wildman–Crippen LogP) is 3.94. The zero-order valence-corrected chi connectivity index (χ0v) is 13.6. The Morgan fingerprint density at radius 3 is 2.38 bits per heavy atom. The van der Waals surface area contributed by atoms with Crippen molar-refractivity contribution in [1.82, 2.24) is 0 Å². The van der Waals surface area contributed by atoms with Gasteiger partial charge in [0.05, 0.1) is 6.61 Å². The first-order valence-electron chi connectivity index (χ1n) is 3.80. The number of halogens is 3. The van der Waals surface area contributed by atoms with Crippen molar-refractivity contribution in [3.8, 4) is 0 Å². The SMILES string of the molecule is CCCCP(O)(=S)OCC(Br)(Br)Br. The first-order valence-corrected chi connectivity index (χ1v) is 9.03. The Hall–Kier alpha value is 2.01. The van der Waals surface area contributed by atoms with Crippen molar-refractivity contribution in [2.24, 2.45) is 0 Å². The molecule has 1 atom stereocenters. The van der Waals surface area contributed by atoms with Crippen molar-refractivity contribution in [1.29, 1.82) is 0 Å². The largest absolute Gasteiger partial charge is 0.345 e. The Kier molecular flexibility index (Phi) is 7.58. The molecule has 7 heteroatoms. The van der Waals surface area contributed by atoms with Crippen LogP contribution in [-0.4, -0.2) is 19.8 Å². The number of rotatable bonds is 5. The Balaban J connectivity index is 3.83. The highest BCUT2D eigenvalue weighted by atomic mass is 80.0. The summed E-state index contributed by atoms with van der Waals surface area (Å²) in [6.45, 7) is -0.211. The molecule has 0 saturated heterocycles. The van der Waals surface area contributed by atoms with E-state index < -0.39 is 8.63 Å². The first-order chi connectivity index (χ1) is 5.77. The normalized spacial score (nSPS) is 17.0. The number of hydrogen-bond donors (Lipinski definition) is 1. The van der Waals surface area contributed by atoms with Crippen LogP contribution in [0.15, 0.2) is 0 Å². The zero-order valence-electron chi connectivity index (χ0n) is 7.17. The molecule has 1 unspecified atom stereocenters. The highest BCUT2D eigenvalue weighted by molar-refractivity contribution is 9.39. The Bertz CT molecular complexity index is 195. The monoisotopic (exact) mass is 416 g/mol. The van der Waals surface area contributed by atoms with Gasteiger partial charge < -0.3 is 9.42 Å². The molecule has 0 aliphatic heterocycles. The number of hydrogen-bond acceptors (Lipinski definition) is 2. The molecule has 80 valence electrons. The average molecular weight is 419 g/mol.